The maximum absolute atomic E-state index is 5.49. The van der Waals surface area contributed by atoms with E-state index >= 15 is 0 Å². The monoisotopic (exact) mass is 283 g/mol. The van der Waals surface area contributed by atoms with Crippen LogP contribution in [0.4, 0.5) is 0 Å². The van der Waals surface area contributed by atoms with Crippen LogP contribution in [0.25, 0.3) is 10.9 Å². The van der Waals surface area contributed by atoms with Crippen LogP contribution in [0.15, 0.2) is 18.2 Å². The molecule has 1 N–H and O–H groups in total. The Labute approximate surface area is 125 Å². The van der Waals surface area contributed by atoms with E-state index in [-0.39, 0.29) is 0 Å². The van der Waals surface area contributed by atoms with E-state index in [0.717, 1.165) is 6.61 Å². The standard InChI is InChI=1S/C18H22N2O/c1-12-5-6-16-15(9-12)14-3-2-4-17-18(14)20(16)8-7-19(17)10-13-11-21-13/h5-6,9,13,17H,2-4,7-8,10-11H2,1H3/p+1/t13-,17+/m1/s1. The highest BCUT2D eigenvalue weighted by Crippen LogP contribution is 2.37. The highest BCUT2D eigenvalue weighted by Gasteiger charge is 2.40. The number of hydrogen-bond donors (Lipinski definition) is 1. The molecule has 1 unspecified atom stereocenters. The fourth-order valence-electron chi connectivity index (χ4n) is 4.63. The molecule has 3 aliphatic rings. The third kappa shape index (κ3) is 1.80. The molecule has 1 saturated heterocycles. The largest absolute Gasteiger partial charge is 0.367 e. The van der Waals surface area contributed by atoms with Crippen LogP contribution in [0.1, 0.15) is 35.7 Å². The van der Waals surface area contributed by atoms with Crippen molar-refractivity contribution in [3.05, 3.63) is 35.0 Å². The molecule has 110 valence electrons. The van der Waals surface area contributed by atoms with E-state index < -0.39 is 0 Å². The molecule has 0 spiro atoms. The fraction of sp³-hybridized carbons (Fsp3) is 0.556. The number of nitrogens with zero attached hydrogens (tertiary/aromatic N) is 1. The molecule has 21 heavy (non-hydrogen) atoms. The van der Waals surface area contributed by atoms with Gasteiger partial charge in [0.2, 0.25) is 0 Å². The molecule has 0 radical (unpaired) electrons. The number of hydrogen-bond acceptors (Lipinski definition) is 1. The van der Waals surface area contributed by atoms with E-state index in [1.807, 2.05) is 0 Å². The van der Waals surface area contributed by atoms with Gasteiger partial charge in [-0.1, -0.05) is 11.6 Å². The van der Waals surface area contributed by atoms with E-state index in [9.17, 15) is 0 Å². The van der Waals surface area contributed by atoms with Gasteiger partial charge in [-0.15, -0.1) is 0 Å². The number of fused-ring (bicyclic) bond motifs is 3. The van der Waals surface area contributed by atoms with E-state index in [1.165, 1.54) is 55.4 Å². The molecule has 0 saturated carbocycles. The lowest BCUT2D eigenvalue weighted by Crippen LogP contribution is -3.14. The van der Waals surface area contributed by atoms with Gasteiger partial charge in [0.05, 0.1) is 25.4 Å². The summed E-state index contributed by atoms with van der Waals surface area (Å²) in [5, 5.41) is 1.53. The van der Waals surface area contributed by atoms with Crippen molar-refractivity contribution in [2.24, 2.45) is 0 Å². The topological polar surface area (TPSA) is 21.9 Å². The van der Waals surface area contributed by atoms with Crippen LogP contribution >= 0.6 is 0 Å². The van der Waals surface area contributed by atoms with Crippen LogP contribution in [-0.2, 0) is 17.7 Å². The molecule has 1 fully saturated rings. The zero-order valence-electron chi connectivity index (χ0n) is 12.7. The molecule has 3 heteroatoms. The lowest BCUT2D eigenvalue weighted by Gasteiger charge is -2.36. The van der Waals surface area contributed by atoms with E-state index in [2.05, 4.69) is 29.7 Å². The van der Waals surface area contributed by atoms with E-state index in [4.69, 9.17) is 4.74 Å². The molecule has 1 aromatic carbocycles. The van der Waals surface area contributed by atoms with Gasteiger partial charge in [-0.2, -0.15) is 0 Å². The first-order valence-corrected chi connectivity index (χ1v) is 8.39. The molecular formula is C18H23N2O+. The minimum absolute atomic E-state index is 0.545. The molecule has 3 atom stereocenters. The van der Waals surface area contributed by atoms with Crippen LogP contribution in [0.2, 0.25) is 0 Å². The van der Waals surface area contributed by atoms with Crippen molar-refractivity contribution in [3.8, 4) is 0 Å². The van der Waals surface area contributed by atoms with Gasteiger partial charge in [0.25, 0.3) is 0 Å². The molecule has 2 aromatic rings. The van der Waals surface area contributed by atoms with Gasteiger partial charge in [0.15, 0.2) is 0 Å². The number of nitrogens with one attached hydrogen (secondary N) is 1. The van der Waals surface area contributed by atoms with Crippen LogP contribution in [0.3, 0.4) is 0 Å². The summed E-state index contributed by atoms with van der Waals surface area (Å²) in [4.78, 5) is 1.77. The lowest BCUT2D eigenvalue weighted by molar-refractivity contribution is -0.937. The zero-order chi connectivity index (χ0) is 14.0. The smallest absolute Gasteiger partial charge is 0.130 e. The van der Waals surface area contributed by atoms with Crippen LogP contribution in [0.5, 0.6) is 0 Å². The van der Waals surface area contributed by atoms with E-state index in [1.54, 1.807) is 16.2 Å². The summed E-state index contributed by atoms with van der Waals surface area (Å²) in [7, 11) is 0. The first-order chi connectivity index (χ1) is 10.3. The average Bonchev–Trinajstić information content (AvgIpc) is 3.26. The third-order valence-electron chi connectivity index (χ3n) is 5.66. The highest BCUT2D eigenvalue weighted by atomic mass is 16.6. The highest BCUT2D eigenvalue weighted by molar-refractivity contribution is 5.86. The number of benzene rings is 1. The van der Waals surface area contributed by atoms with Crippen molar-refractivity contribution in [1.29, 1.82) is 0 Å². The maximum Gasteiger partial charge on any atom is 0.130 e. The molecule has 2 aliphatic heterocycles. The molecular weight excluding hydrogens is 260 g/mol. The minimum atomic E-state index is 0.545. The Morgan fingerprint density at radius 2 is 2.29 bits per heavy atom. The second kappa shape index (κ2) is 4.34. The third-order valence-corrected chi connectivity index (χ3v) is 5.66. The summed E-state index contributed by atoms with van der Waals surface area (Å²) in [5.74, 6) is 0. The number of aryl methyl sites for hydroxylation is 2. The van der Waals surface area contributed by atoms with Crippen molar-refractivity contribution in [2.45, 2.75) is 44.9 Å². The number of ether oxygens (including phenoxy) is 1. The number of epoxide rings is 1. The second-order valence-electron chi connectivity index (χ2n) is 7.05. The molecule has 0 amide bonds. The van der Waals surface area contributed by atoms with Gasteiger partial charge in [-0.05, 0) is 37.5 Å². The van der Waals surface area contributed by atoms with Gasteiger partial charge in [-0.25, -0.2) is 0 Å². The summed E-state index contributed by atoms with van der Waals surface area (Å²) in [6, 6.07) is 7.72. The van der Waals surface area contributed by atoms with Crippen molar-refractivity contribution in [1.82, 2.24) is 4.57 Å². The summed E-state index contributed by atoms with van der Waals surface area (Å²) in [5.41, 5.74) is 6.17. The minimum Gasteiger partial charge on any atom is -0.367 e. The van der Waals surface area contributed by atoms with Crippen molar-refractivity contribution in [2.75, 3.05) is 19.7 Å². The van der Waals surface area contributed by atoms with Gasteiger partial charge >= 0.3 is 0 Å². The van der Waals surface area contributed by atoms with Crippen LogP contribution in [-0.4, -0.2) is 30.4 Å². The zero-order valence-corrected chi connectivity index (χ0v) is 12.7. The predicted octanol–water partition coefficient (Wildman–Crippen LogP) is 1.62. The number of quaternary nitrogens is 1. The molecule has 1 aromatic heterocycles. The van der Waals surface area contributed by atoms with Crippen molar-refractivity contribution < 1.29 is 9.64 Å². The first-order valence-electron chi connectivity index (χ1n) is 8.39. The molecule has 3 nitrogen and oxygen atoms in total. The molecule has 1 aliphatic carbocycles. The van der Waals surface area contributed by atoms with Crippen LogP contribution in [0, 0.1) is 6.92 Å². The fourth-order valence-corrected chi connectivity index (χ4v) is 4.63. The van der Waals surface area contributed by atoms with Gasteiger partial charge in [0.1, 0.15) is 18.7 Å². The molecule has 0 bridgehead atoms. The summed E-state index contributed by atoms with van der Waals surface area (Å²) >= 11 is 0. The second-order valence-corrected chi connectivity index (χ2v) is 7.05. The van der Waals surface area contributed by atoms with Crippen LogP contribution < -0.4 is 4.90 Å². The van der Waals surface area contributed by atoms with Gasteiger partial charge < -0.3 is 14.2 Å². The van der Waals surface area contributed by atoms with Crippen molar-refractivity contribution in [3.63, 3.8) is 0 Å². The normalized spacial score (nSPS) is 30.4. The van der Waals surface area contributed by atoms with Gasteiger partial charge in [-0.3, -0.25) is 0 Å². The summed E-state index contributed by atoms with van der Waals surface area (Å²) < 4.78 is 8.12. The Hall–Kier alpha value is -1.32. The maximum atomic E-state index is 5.49. The first kappa shape index (κ1) is 12.2. The molecule has 5 rings (SSSR count). The Morgan fingerprint density at radius 3 is 3.14 bits per heavy atom. The predicted molar refractivity (Wildman–Crippen MR) is 82.8 cm³/mol. The number of aromatic nitrogens is 1. The Balaban J connectivity index is 1.67. The van der Waals surface area contributed by atoms with E-state index in [0.29, 0.717) is 12.1 Å². The van der Waals surface area contributed by atoms with Gasteiger partial charge in [0, 0.05) is 17.3 Å². The quantitative estimate of drug-likeness (QED) is 0.831. The van der Waals surface area contributed by atoms with Crippen molar-refractivity contribution >= 4 is 10.9 Å². The summed E-state index contributed by atoms with van der Waals surface area (Å²) in [6.45, 7) is 6.85. The Kier molecular flexibility index (Phi) is 2.53. The molecule has 3 heterocycles. The lowest BCUT2D eigenvalue weighted by atomic mass is 9.89. The summed E-state index contributed by atoms with van der Waals surface area (Å²) in [6.07, 6.45) is 4.51. The SMILES string of the molecule is Cc1ccc2c(c1)c1c3n2CC[NH+](C[C@@H]2CO2)[C@H]3CCC1. The number of rotatable bonds is 2. The Morgan fingerprint density at radius 1 is 1.38 bits per heavy atom. The average molecular weight is 283 g/mol. The Bertz CT molecular complexity index is 714.